The number of ketones is 1. The van der Waals surface area contributed by atoms with Crippen molar-refractivity contribution in [2.45, 2.75) is 0 Å². The number of aryl methyl sites for hydroxylation is 1. The summed E-state index contributed by atoms with van der Waals surface area (Å²) in [6, 6.07) is 27.6. The molecule has 5 heteroatoms. The van der Waals surface area contributed by atoms with Crippen molar-refractivity contribution in [2.75, 3.05) is 0 Å². The molecule has 31 heavy (non-hydrogen) atoms. The molecule has 1 aromatic heterocycles. The van der Waals surface area contributed by atoms with Crippen molar-refractivity contribution in [3.63, 3.8) is 0 Å². The number of carbonyl (C=O) groups is 1. The number of fused-ring (bicyclic) bond motifs is 1. The molecule has 0 radical (unpaired) electrons. The van der Waals surface area contributed by atoms with Crippen LogP contribution < -0.4 is 4.80 Å². The molecule has 0 N–H and O–H groups in total. The normalized spacial score (nSPS) is 14.5. The van der Waals surface area contributed by atoms with E-state index < -0.39 is 0 Å². The van der Waals surface area contributed by atoms with Crippen molar-refractivity contribution in [2.24, 2.45) is 17.3 Å². The molecule has 1 heterocycles. The SMILES string of the molecule is Cn1/c(=N\N=C2C=C(c3ccccc3)C(=O)C(c3ccccc3)=C2)sc2ccccc21. The number of aromatic nitrogens is 1. The van der Waals surface area contributed by atoms with Gasteiger partial charge in [0.05, 0.1) is 15.9 Å². The van der Waals surface area contributed by atoms with Crippen LogP contribution in [0, 0.1) is 0 Å². The molecule has 0 unspecified atom stereocenters. The third-order valence-corrected chi connectivity index (χ3v) is 6.31. The van der Waals surface area contributed by atoms with E-state index in [0.717, 1.165) is 26.1 Å². The van der Waals surface area contributed by atoms with Gasteiger partial charge in [-0.1, -0.05) is 84.1 Å². The molecule has 3 aromatic carbocycles. The van der Waals surface area contributed by atoms with Crippen LogP contribution in [-0.4, -0.2) is 16.1 Å². The molecule has 0 atom stereocenters. The van der Waals surface area contributed by atoms with E-state index >= 15 is 0 Å². The minimum atomic E-state index is -0.0104. The standard InChI is InChI=1S/C26H19N3OS/c1-29-23-14-8-9-15-24(23)31-26(29)28-27-20-16-21(18-10-4-2-5-11-18)25(30)22(17-20)19-12-6-3-7-13-19/h2-17H,1H3/b28-26+. The number of para-hydroxylation sites is 1. The number of rotatable bonds is 3. The Labute approximate surface area is 183 Å². The van der Waals surface area contributed by atoms with Crippen molar-refractivity contribution in [1.82, 2.24) is 4.57 Å². The monoisotopic (exact) mass is 421 g/mol. The molecule has 0 saturated carbocycles. The van der Waals surface area contributed by atoms with Crippen molar-refractivity contribution in [1.29, 1.82) is 0 Å². The summed E-state index contributed by atoms with van der Waals surface area (Å²) >= 11 is 1.59. The fourth-order valence-corrected chi connectivity index (χ4v) is 4.58. The van der Waals surface area contributed by atoms with Crippen LogP contribution >= 0.6 is 11.3 Å². The molecule has 4 aromatic rings. The summed E-state index contributed by atoms with van der Waals surface area (Å²) in [5.41, 5.74) is 4.75. The summed E-state index contributed by atoms with van der Waals surface area (Å²) in [4.78, 5) is 14.1. The van der Waals surface area contributed by atoms with Gasteiger partial charge in [-0.3, -0.25) is 4.79 Å². The summed E-state index contributed by atoms with van der Waals surface area (Å²) in [7, 11) is 1.98. The van der Waals surface area contributed by atoms with Gasteiger partial charge in [0.2, 0.25) is 4.80 Å². The largest absolute Gasteiger partial charge is 0.318 e. The number of carbonyl (C=O) groups excluding carboxylic acids is 1. The molecule has 0 bridgehead atoms. The summed E-state index contributed by atoms with van der Waals surface area (Å²) in [6.45, 7) is 0. The van der Waals surface area contributed by atoms with Gasteiger partial charge in [-0.25, -0.2) is 0 Å². The highest BCUT2D eigenvalue weighted by atomic mass is 32.1. The van der Waals surface area contributed by atoms with Crippen molar-refractivity contribution >= 4 is 44.2 Å². The summed E-state index contributed by atoms with van der Waals surface area (Å²) in [5.74, 6) is -0.0104. The minimum Gasteiger partial charge on any atom is -0.318 e. The highest BCUT2D eigenvalue weighted by Crippen LogP contribution is 2.29. The quantitative estimate of drug-likeness (QED) is 0.329. The summed E-state index contributed by atoms with van der Waals surface area (Å²) in [6.07, 6.45) is 3.64. The van der Waals surface area contributed by atoms with Gasteiger partial charge < -0.3 is 4.57 Å². The van der Waals surface area contributed by atoms with Gasteiger partial charge in [0.15, 0.2) is 5.78 Å². The minimum absolute atomic E-state index is 0.0104. The van der Waals surface area contributed by atoms with Crippen molar-refractivity contribution < 1.29 is 4.79 Å². The molecule has 4 nitrogen and oxygen atoms in total. The molecule has 1 aliphatic rings. The number of hydrogen-bond donors (Lipinski definition) is 0. The maximum absolute atomic E-state index is 13.3. The molecular weight excluding hydrogens is 402 g/mol. The molecule has 0 spiro atoms. The predicted molar refractivity (Wildman–Crippen MR) is 128 cm³/mol. The van der Waals surface area contributed by atoms with Gasteiger partial charge in [0.1, 0.15) is 0 Å². The first-order valence-electron chi connectivity index (χ1n) is 9.96. The highest BCUT2D eigenvalue weighted by Gasteiger charge is 2.23. The molecule has 150 valence electrons. The Hall–Kier alpha value is -3.83. The zero-order valence-corrected chi connectivity index (χ0v) is 17.7. The number of Topliss-reactive ketones (excluding diaryl/α,β-unsaturated/α-hetero) is 1. The van der Waals surface area contributed by atoms with Crippen LogP contribution in [0.1, 0.15) is 11.1 Å². The van der Waals surface area contributed by atoms with Crippen molar-refractivity contribution in [3.05, 3.63) is 113 Å². The molecule has 5 rings (SSSR count). The molecule has 0 saturated heterocycles. The first kappa shape index (κ1) is 19.2. The lowest BCUT2D eigenvalue weighted by molar-refractivity contribution is -0.108. The summed E-state index contributed by atoms with van der Waals surface area (Å²) in [5, 5.41) is 9.04. The van der Waals surface area contributed by atoms with Gasteiger partial charge in [-0.15, -0.1) is 10.2 Å². The second-order valence-electron chi connectivity index (χ2n) is 7.21. The van der Waals surface area contributed by atoms with Gasteiger partial charge >= 0.3 is 0 Å². The molecule has 0 amide bonds. The third kappa shape index (κ3) is 3.71. The van der Waals surface area contributed by atoms with Crippen LogP contribution in [0.3, 0.4) is 0 Å². The van der Waals surface area contributed by atoms with Gasteiger partial charge in [-0.2, -0.15) is 0 Å². The highest BCUT2D eigenvalue weighted by molar-refractivity contribution is 7.16. The van der Waals surface area contributed by atoms with Gasteiger partial charge in [0, 0.05) is 18.2 Å². The van der Waals surface area contributed by atoms with Crippen LogP contribution in [-0.2, 0) is 11.8 Å². The van der Waals surface area contributed by atoms with Gasteiger partial charge in [0.25, 0.3) is 0 Å². The smallest absolute Gasteiger partial charge is 0.211 e. The van der Waals surface area contributed by atoms with E-state index in [4.69, 9.17) is 0 Å². The Kier molecular flexibility index (Phi) is 5.02. The average Bonchev–Trinajstić information content (AvgIpc) is 3.15. The first-order valence-corrected chi connectivity index (χ1v) is 10.8. The fraction of sp³-hybridized carbons (Fsp3) is 0.0385. The fourth-order valence-electron chi connectivity index (χ4n) is 3.61. The lowest BCUT2D eigenvalue weighted by Gasteiger charge is -2.15. The van der Waals surface area contributed by atoms with Crippen LogP contribution in [0.25, 0.3) is 21.4 Å². The number of thiazole rings is 1. The van der Waals surface area contributed by atoms with Crippen LogP contribution in [0.5, 0.6) is 0 Å². The van der Waals surface area contributed by atoms with E-state index in [1.807, 2.05) is 96.6 Å². The van der Waals surface area contributed by atoms with E-state index in [0.29, 0.717) is 16.9 Å². The number of benzene rings is 3. The second kappa shape index (κ2) is 8.13. The van der Waals surface area contributed by atoms with E-state index in [-0.39, 0.29) is 5.78 Å². The Morgan fingerprint density at radius 2 is 1.26 bits per heavy atom. The average molecular weight is 422 g/mol. The van der Waals surface area contributed by atoms with E-state index in [1.54, 1.807) is 11.3 Å². The lowest BCUT2D eigenvalue weighted by Crippen LogP contribution is -2.14. The molecular formula is C26H19N3OS. The van der Waals surface area contributed by atoms with E-state index in [9.17, 15) is 4.79 Å². The first-order chi connectivity index (χ1) is 15.2. The van der Waals surface area contributed by atoms with Crippen LogP contribution in [0.15, 0.2) is 107 Å². The maximum Gasteiger partial charge on any atom is 0.211 e. The molecule has 0 fully saturated rings. The summed E-state index contributed by atoms with van der Waals surface area (Å²) < 4.78 is 3.19. The number of nitrogens with zero attached hydrogens (tertiary/aromatic N) is 3. The Morgan fingerprint density at radius 1 is 0.710 bits per heavy atom. The van der Waals surface area contributed by atoms with E-state index in [1.165, 1.54) is 0 Å². The molecule has 0 aliphatic heterocycles. The molecule has 1 aliphatic carbocycles. The predicted octanol–water partition coefficient (Wildman–Crippen LogP) is 5.25. The Bertz CT molecular complexity index is 1380. The van der Waals surface area contributed by atoms with Gasteiger partial charge in [-0.05, 0) is 35.4 Å². The van der Waals surface area contributed by atoms with E-state index in [2.05, 4.69) is 22.3 Å². The van der Waals surface area contributed by atoms with Crippen molar-refractivity contribution in [3.8, 4) is 0 Å². The Balaban J connectivity index is 1.65. The number of allylic oxidation sites excluding steroid dienone is 4. The zero-order valence-electron chi connectivity index (χ0n) is 16.9. The number of hydrogen-bond acceptors (Lipinski definition) is 4. The van der Waals surface area contributed by atoms with Crippen LogP contribution in [0.2, 0.25) is 0 Å². The Morgan fingerprint density at radius 3 is 1.84 bits per heavy atom. The van der Waals surface area contributed by atoms with Crippen LogP contribution in [0.4, 0.5) is 0 Å². The zero-order chi connectivity index (χ0) is 21.2. The maximum atomic E-state index is 13.3. The third-order valence-electron chi connectivity index (χ3n) is 5.21. The second-order valence-corrected chi connectivity index (χ2v) is 8.22. The topological polar surface area (TPSA) is 46.7 Å². The lowest BCUT2D eigenvalue weighted by atomic mass is 9.87.